The maximum Gasteiger partial charge on any atom is 0.238 e. The number of amides is 1. The van der Waals surface area contributed by atoms with Gasteiger partial charge in [-0.2, -0.15) is 0 Å². The molecule has 0 fully saturated rings. The average molecular weight is 387 g/mol. The maximum absolute atomic E-state index is 12.7. The second kappa shape index (κ2) is 6.59. The standard InChI is InChI=1S/C21H17N5O3/c1-28-18-6-3-12(7-19(18)29-2)17-10-22-16-9-20(27)26(21(16)25-17)13-4-5-14-15(8-13)24-11-23-14/h3-8,10-11H,9H2,1-2H3,(H,23,24). The number of aromatic nitrogens is 4. The Kier molecular flexibility index (Phi) is 3.90. The number of nitrogens with zero attached hydrogens (tertiary/aromatic N) is 4. The van der Waals surface area contributed by atoms with E-state index in [1.54, 1.807) is 31.6 Å². The molecule has 0 bridgehead atoms. The number of methoxy groups -OCH3 is 2. The SMILES string of the molecule is COc1ccc(-c2cnc3c(n2)N(c2ccc4nc[nH]c4c2)C(=O)C3)cc1OC. The van der Waals surface area contributed by atoms with Gasteiger partial charge in [0.2, 0.25) is 5.91 Å². The number of hydrogen-bond donors (Lipinski definition) is 1. The predicted molar refractivity (Wildman–Crippen MR) is 108 cm³/mol. The monoisotopic (exact) mass is 387 g/mol. The van der Waals surface area contributed by atoms with E-state index in [-0.39, 0.29) is 12.3 Å². The Bertz CT molecular complexity index is 1250. The lowest BCUT2D eigenvalue weighted by Gasteiger charge is -2.17. The van der Waals surface area contributed by atoms with E-state index in [0.29, 0.717) is 28.7 Å². The van der Waals surface area contributed by atoms with Crippen molar-refractivity contribution >= 4 is 28.4 Å². The second-order valence-electron chi connectivity index (χ2n) is 6.61. The van der Waals surface area contributed by atoms with Gasteiger partial charge >= 0.3 is 0 Å². The molecule has 1 aliphatic rings. The number of imidazole rings is 1. The first-order chi connectivity index (χ1) is 14.2. The van der Waals surface area contributed by atoms with Crippen LogP contribution in [0, 0.1) is 0 Å². The minimum atomic E-state index is -0.0664. The van der Waals surface area contributed by atoms with E-state index < -0.39 is 0 Å². The highest BCUT2D eigenvalue weighted by Gasteiger charge is 2.32. The second-order valence-corrected chi connectivity index (χ2v) is 6.61. The molecule has 1 N–H and O–H groups in total. The van der Waals surface area contributed by atoms with Crippen LogP contribution in [0.4, 0.5) is 11.5 Å². The lowest BCUT2D eigenvalue weighted by atomic mass is 10.1. The fourth-order valence-corrected chi connectivity index (χ4v) is 3.51. The minimum absolute atomic E-state index is 0.0664. The van der Waals surface area contributed by atoms with Crippen molar-refractivity contribution < 1.29 is 14.3 Å². The molecule has 8 heteroatoms. The van der Waals surface area contributed by atoms with Crippen molar-refractivity contribution in [3.63, 3.8) is 0 Å². The van der Waals surface area contributed by atoms with Crippen molar-refractivity contribution in [3.05, 3.63) is 54.6 Å². The van der Waals surface area contributed by atoms with Crippen LogP contribution in [-0.4, -0.2) is 40.1 Å². The van der Waals surface area contributed by atoms with Gasteiger partial charge in [-0.1, -0.05) is 0 Å². The van der Waals surface area contributed by atoms with Crippen LogP contribution >= 0.6 is 0 Å². The molecular weight excluding hydrogens is 370 g/mol. The molecule has 0 unspecified atom stereocenters. The Balaban J connectivity index is 1.59. The quantitative estimate of drug-likeness (QED) is 0.578. The summed E-state index contributed by atoms with van der Waals surface area (Å²) in [4.78, 5) is 30.9. The zero-order chi connectivity index (χ0) is 20.0. The smallest absolute Gasteiger partial charge is 0.238 e. The Hall–Kier alpha value is -3.94. The first-order valence-electron chi connectivity index (χ1n) is 9.02. The predicted octanol–water partition coefficient (Wildman–Crippen LogP) is 3.26. The molecule has 2 aromatic carbocycles. The largest absolute Gasteiger partial charge is 0.493 e. The van der Waals surface area contributed by atoms with Crippen LogP contribution in [0.15, 0.2) is 48.9 Å². The highest BCUT2D eigenvalue weighted by atomic mass is 16.5. The highest BCUT2D eigenvalue weighted by Crippen LogP contribution is 2.37. The number of nitrogens with one attached hydrogen (secondary N) is 1. The maximum atomic E-state index is 12.7. The van der Waals surface area contributed by atoms with Gasteiger partial charge in [-0.3, -0.25) is 14.7 Å². The summed E-state index contributed by atoms with van der Waals surface area (Å²) in [6, 6.07) is 11.2. The van der Waals surface area contributed by atoms with E-state index in [9.17, 15) is 4.79 Å². The number of ether oxygens (including phenoxy) is 2. The number of carbonyl (C=O) groups excluding carboxylic acids is 1. The fourth-order valence-electron chi connectivity index (χ4n) is 3.51. The average Bonchev–Trinajstić information content (AvgIpc) is 3.35. The first kappa shape index (κ1) is 17.2. The summed E-state index contributed by atoms with van der Waals surface area (Å²) >= 11 is 0. The Morgan fingerprint density at radius 1 is 1.03 bits per heavy atom. The summed E-state index contributed by atoms with van der Waals surface area (Å²) < 4.78 is 10.7. The molecule has 0 atom stereocenters. The molecule has 1 aliphatic heterocycles. The number of H-pyrrole nitrogens is 1. The van der Waals surface area contributed by atoms with Crippen molar-refractivity contribution in [2.45, 2.75) is 6.42 Å². The summed E-state index contributed by atoms with van der Waals surface area (Å²) in [7, 11) is 3.18. The van der Waals surface area contributed by atoms with Crippen molar-refractivity contribution in [2.24, 2.45) is 0 Å². The van der Waals surface area contributed by atoms with Crippen LogP contribution in [-0.2, 0) is 11.2 Å². The molecule has 8 nitrogen and oxygen atoms in total. The van der Waals surface area contributed by atoms with Gasteiger partial charge in [-0.15, -0.1) is 0 Å². The summed E-state index contributed by atoms with van der Waals surface area (Å²) in [6.45, 7) is 0. The summed E-state index contributed by atoms with van der Waals surface area (Å²) in [5.41, 5.74) is 4.54. The number of anilines is 2. The molecule has 5 rings (SSSR count). The number of fused-ring (bicyclic) bond motifs is 2. The van der Waals surface area contributed by atoms with Gasteiger partial charge in [0.1, 0.15) is 0 Å². The van der Waals surface area contributed by atoms with Gasteiger partial charge < -0.3 is 14.5 Å². The van der Waals surface area contributed by atoms with Gasteiger partial charge in [0, 0.05) is 5.56 Å². The van der Waals surface area contributed by atoms with Crippen molar-refractivity contribution in [3.8, 4) is 22.8 Å². The van der Waals surface area contributed by atoms with E-state index in [0.717, 1.165) is 22.3 Å². The third kappa shape index (κ3) is 2.77. The molecule has 2 aromatic heterocycles. The Morgan fingerprint density at radius 3 is 2.72 bits per heavy atom. The van der Waals surface area contributed by atoms with E-state index in [2.05, 4.69) is 15.0 Å². The number of hydrogen-bond acceptors (Lipinski definition) is 6. The van der Waals surface area contributed by atoms with Crippen LogP contribution in [0.3, 0.4) is 0 Å². The molecular formula is C21H17N5O3. The lowest BCUT2D eigenvalue weighted by Crippen LogP contribution is -2.21. The van der Waals surface area contributed by atoms with Crippen LogP contribution < -0.4 is 14.4 Å². The molecule has 0 radical (unpaired) electrons. The van der Waals surface area contributed by atoms with Crippen LogP contribution in [0.5, 0.6) is 11.5 Å². The summed E-state index contributed by atoms with van der Waals surface area (Å²) in [6.07, 6.45) is 3.52. The molecule has 3 heterocycles. The molecule has 29 heavy (non-hydrogen) atoms. The third-order valence-corrected chi connectivity index (χ3v) is 4.95. The van der Waals surface area contributed by atoms with Gasteiger partial charge in [0.05, 0.1) is 61.3 Å². The third-order valence-electron chi connectivity index (χ3n) is 4.95. The Labute approximate surface area is 166 Å². The van der Waals surface area contributed by atoms with Crippen LogP contribution in [0.25, 0.3) is 22.3 Å². The molecule has 144 valence electrons. The molecule has 0 aliphatic carbocycles. The fraction of sp³-hybridized carbons (Fsp3) is 0.143. The first-order valence-corrected chi connectivity index (χ1v) is 9.02. The van der Waals surface area contributed by atoms with Gasteiger partial charge in [0.15, 0.2) is 17.3 Å². The molecule has 1 amide bonds. The van der Waals surface area contributed by atoms with Gasteiger partial charge in [-0.05, 0) is 36.4 Å². The zero-order valence-corrected chi connectivity index (χ0v) is 15.8. The Morgan fingerprint density at radius 2 is 1.90 bits per heavy atom. The highest BCUT2D eigenvalue weighted by molar-refractivity contribution is 6.06. The van der Waals surface area contributed by atoms with E-state index in [4.69, 9.17) is 14.5 Å². The topological polar surface area (TPSA) is 93.2 Å². The minimum Gasteiger partial charge on any atom is -0.493 e. The number of aromatic amines is 1. The van der Waals surface area contributed by atoms with Crippen molar-refractivity contribution in [2.75, 3.05) is 19.1 Å². The number of carbonyl (C=O) groups is 1. The van der Waals surface area contributed by atoms with E-state index in [1.165, 1.54) is 0 Å². The van der Waals surface area contributed by atoms with E-state index in [1.807, 2.05) is 36.4 Å². The van der Waals surface area contributed by atoms with Crippen LogP contribution in [0.1, 0.15) is 5.69 Å². The normalized spacial score (nSPS) is 13.0. The van der Waals surface area contributed by atoms with Crippen LogP contribution in [0.2, 0.25) is 0 Å². The van der Waals surface area contributed by atoms with Gasteiger partial charge in [-0.25, -0.2) is 9.97 Å². The van der Waals surface area contributed by atoms with Crippen molar-refractivity contribution in [1.29, 1.82) is 0 Å². The molecule has 4 aromatic rings. The molecule has 0 saturated carbocycles. The zero-order valence-electron chi connectivity index (χ0n) is 15.8. The molecule has 0 saturated heterocycles. The number of rotatable bonds is 4. The van der Waals surface area contributed by atoms with Crippen molar-refractivity contribution in [1.82, 2.24) is 19.9 Å². The molecule has 0 spiro atoms. The number of benzene rings is 2. The summed E-state index contributed by atoms with van der Waals surface area (Å²) in [5.74, 6) is 1.71. The van der Waals surface area contributed by atoms with E-state index >= 15 is 0 Å². The van der Waals surface area contributed by atoms with Gasteiger partial charge in [0.25, 0.3) is 0 Å². The summed E-state index contributed by atoms with van der Waals surface area (Å²) in [5, 5.41) is 0. The lowest BCUT2D eigenvalue weighted by molar-refractivity contribution is -0.116.